The topological polar surface area (TPSA) is 55.8 Å². The number of benzene rings is 2. The van der Waals surface area contributed by atoms with E-state index < -0.39 is 17.0 Å². The number of nitrogens with zero attached hydrogens (tertiary/aromatic N) is 1. The molecule has 0 bridgehead atoms. The van der Waals surface area contributed by atoms with Crippen molar-refractivity contribution in [3.63, 3.8) is 0 Å². The Hall–Kier alpha value is -2.51. The van der Waals surface area contributed by atoms with Crippen molar-refractivity contribution in [1.29, 1.82) is 0 Å². The van der Waals surface area contributed by atoms with E-state index in [-0.39, 0.29) is 15.6 Å². The molecule has 1 aliphatic heterocycles. The minimum Gasteiger partial charge on any atom is -0.493 e. The molecule has 1 fully saturated rings. The van der Waals surface area contributed by atoms with Gasteiger partial charge in [-0.2, -0.15) is 0 Å². The number of halogens is 2. The van der Waals surface area contributed by atoms with Crippen molar-refractivity contribution in [2.24, 2.45) is 0 Å². The van der Waals surface area contributed by atoms with Crippen molar-refractivity contribution in [1.82, 2.24) is 0 Å². The molecular formula is C19H15ClFNO4S. The van der Waals surface area contributed by atoms with E-state index in [0.717, 1.165) is 22.7 Å². The van der Waals surface area contributed by atoms with Crippen molar-refractivity contribution in [3.05, 3.63) is 57.7 Å². The number of carbonyl (C=O) groups excluding carboxylic acids is 2. The second kappa shape index (κ2) is 8.02. The highest BCUT2D eigenvalue weighted by molar-refractivity contribution is 8.19. The van der Waals surface area contributed by atoms with Gasteiger partial charge in [-0.05, 0) is 60.7 Å². The number of anilines is 1. The molecule has 0 unspecified atom stereocenters. The van der Waals surface area contributed by atoms with E-state index in [1.807, 2.05) is 6.92 Å². The predicted octanol–water partition coefficient (Wildman–Crippen LogP) is 5.13. The lowest BCUT2D eigenvalue weighted by molar-refractivity contribution is -0.113. The van der Waals surface area contributed by atoms with Crippen molar-refractivity contribution < 1.29 is 23.5 Å². The van der Waals surface area contributed by atoms with Gasteiger partial charge in [0.2, 0.25) is 0 Å². The smallest absolute Gasteiger partial charge is 0.298 e. The minimum atomic E-state index is -0.621. The van der Waals surface area contributed by atoms with Gasteiger partial charge in [-0.25, -0.2) is 9.29 Å². The monoisotopic (exact) mass is 407 g/mol. The van der Waals surface area contributed by atoms with E-state index in [1.165, 1.54) is 19.2 Å². The number of hydrogen-bond donors (Lipinski definition) is 0. The lowest BCUT2D eigenvalue weighted by Crippen LogP contribution is -2.27. The Morgan fingerprint density at radius 3 is 2.63 bits per heavy atom. The fourth-order valence-electron chi connectivity index (χ4n) is 2.51. The van der Waals surface area contributed by atoms with Crippen LogP contribution in [0.3, 0.4) is 0 Å². The second-order valence-electron chi connectivity index (χ2n) is 5.46. The molecule has 8 heteroatoms. The first kappa shape index (κ1) is 19.3. The Kier molecular flexibility index (Phi) is 5.72. The molecule has 0 radical (unpaired) electrons. The van der Waals surface area contributed by atoms with Crippen LogP contribution < -0.4 is 14.4 Å². The van der Waals surface area contributed by atoms with E-state index in [0.29, 0.717) is 23.7 Å². The Balaban J connectivity index is 1.91. The predicted molar refractivity (Wildman–Crippen MR) is 104 cm³/mol. The first-order chi connectivity index (χ1) is 12.9. The largest absolute Gasteiger partial charge is 0.493 e. The van der Waals surface area contributed by atoms with Crippen LogP contribution in [-0.2, 0) is 4.79 Å². The Bertz CT molecular complexity index is 947. The van der Waals surface area contributed by atoms with Crippen molar-refractivity contribution in [3.8, 4) is 11.5 Å². The summed E-state index contributed by atoms with van der Waals surface area (Å²) in [5, 5.41) is -0.640. The van der Waals surface area contributed by atoms with E-state index in [2.05, 4.69) is 0 Å². The maximum Gasteiger partial charge on any atom is 0.298 e. The summed E-state index contributed by atoms with van der Waals surface area (Å²) in [5.74, 6) is -0.00806. The van der Waals surface area contributed by atoms with Crippen molar-refractivity contribution in [2.45, 2.75) is 6.92 Å². The molecule has 0 aliphatic carbocycles. The number of methoxy groups -OCH3 is 1. The van der Waals surface area contributed by atoms with Crippen LogP contribution in [0.1, 0.15) is 12.5 Å². The van der Waals surface area contributed by atoms with Crippen molar-refractivity contribution >= 4 is 46.3 Å². The Labute approximate surface area is 164 Å². The standard InChI is InChI=1S/C19H15ClFNO4S/c1-3-26-15-7-4-11(8-16(15)25-2)9-17-18(23)22(19(24)27-17)12-5-6-14(21)13(20)10-12/h4-10H,3H2,1-2H3/b17-9-. The number of thioether (sulfide) groups is 1. The lowest BCUT2D eigenvalue weighted by atomic mass is 10.2. The molecule has 0 N–H and O–H groups in total. The average molecular weight is 408 g/mol. The first-order valence-corrected chi connectivity index (χ1v) is 9.18. The molecule has 0 atom stereocenters. The van der Waals surface area contributed by atoms with E-state index in [4.69, 9.17) is 21.1 Å². The number of hydrogen-bond acceptors (Lipinski definition) is 5. The molecule has 0 spiro atoms. The minimum absolute atomic E-state index is 0.160. The van der Waals surface area contributed by atoms with E-state index in [1.54, 1.807) is 24.3 Å². The maximum atomic E-state index is 13.3. The summed E-state index contributed by atoms with van der Waals surface area (Å²) in [6, 6.07) is 8.90. The number of rotatable bonds is 5. The molecule has 2 aromatic rings. The number of carbonyl (C=O) groups is 2. The summed E-state index contributed by atoms with van der Waals surface area (Å²) in [5.41, 5.74) is 0.898. The molecule has 5 nitrogen and oxygen atoms in total. The first-order valence-electron chi connectivity index (χ1n) is 7.98. The third-order valence-corrected chi connectivity index (χ3v) is 4.90. The van der Waals surface area contributed by atoms with Crippen LogP contribution in [-0.4, -0.2) is 24.9 Å². The zero-order valence-electron chi connectivity index (χ0n) is 14.5. The van der Waals surface area contributed by atoms with Gasteiger partial charge < -0.3 is 9.47 Å². The van der Waals surface area contributed by atoms with Crippen LogP contribution in [0.25, 0.3) is 6.08 Å². The molecule has 1 heterocycles. The third-order valence-electron chi connectivity index (χ3n) is 3.74. The molecule has 140 valence electrons. The lowest BCUT2D eigenvalue weighted by Gasteiger charge is -2.12. The summed E-state index contributed by atoms with van der Waals surface area (Å²) in [6.45, 7) is 2.36. The van der Waals surface area contributed by atoms with Crippen molar-refractivity contribution in [2.75, 3.05) is 18.6 Å². The van der Waals surface area contributed by atoms with Crippen LogP contribution in [0.2, 0.25) is 5.02 Å². The van der Waals surface area contributed by atoms with Gasteiger partial charge in [0.1, 0.15) is 5.82 Å². The molecule has 2 aromatic carbocycles. The van der Waals surface area contributed by atoms with Gasteiger partial charge in [-0.1, -0.05) is 17.7 Å². The molecule has 1 aliphatic rings. The summed E-state index contributed by atoms with van der Waals surface area (Å²) >= 11 is 6.56. The molecule has 3 rings (SSSR count). The van der Waals surface area contributed by atoms with Crippen LogP contribution in [0.15, 0.2) is 41.3 Å². The molecule has 27 heavy (non-hydrogen) atoms. The molecule has 1 saturated heterocycles. The summed E-state index contributed by atoms with van der Waals surface area (Å²) < 4.78 is 24.1. The van der Waals surface area contributed by atoms with Crippen LogP contribution in [0.5, 0.6) is 11.5 Å². The molecule has 2 amide bonds. The highest BCUT2D eigenvalue weighted by Gasteiger charge is 2.36. The highest BCUT2D eigenvalue weighted by Crippen LogP contribution is 2.37. The molecule has 0 saturated carbocycles. The van der Waals surface area contributed by atoms with Gasteiger partial charge in [0.25, 0.3) is 11.1 Å². The van der Waals surface area contributed by atoms with Gasteiger partial charge in [-0.3, -0.25) is 9.59 Å². The zero-order chi connectivity index (χ0) is 19.6. The fraction of sp³-hybridized carbons (Fsp3) is 0.158. The third kappa shape index (κ3) is 3.94. The molecule has 0 aromatic heterocycles. The fourth-order valence-corrected chi connectivity index (χ4v) is 3.53. The summed E-state index contributed by atoms with van der Waals surface area (Å²) in [7, 11) is 1.52. The van der Waals surface area contributed by atoms with Gasteiger partial charge in [-0.15, -0.1) is 0 Å². The van der Waals surface area contributed by atoms with E-state index >= 15 is 0 Å². The molecular weight excluding hydrogens is 393 g/mol. The van der Waals surface area contributed by atoms with Gasteiger partial charge >= 0.3 is 0 Å². The zero-order valence-corrected chi connectivity index (χ0v) is 16.1. The van der Waals surface area contributed by atoms with Crippen LogP contribution >= 0.6 is 23.4 Å². The van der Waals surface area contributed by atoms with E-state index in [9.17, 15) is 14.0 Å². The van der Waals surface area contributed by atoms with Gasteiger partial charge in [0.05, 0.1) is 29.3 Å². The van der Waals surface area contributed by atoms with Gasteiger partial charge in [0.15, 0.2) is 11.5 Å². The van der Waals surface area contributed by atoms with Crippen LogP contribution in [0, 0.1) is 5.82 Å². The summed E-state index contributed by atoms with van der Waals surface area (Å²) in [6.07, 6.45) is 1.59. The number of ether oxygens (including phenoxy) is 2. The summed E-state index contributed by atoms with van der Waals surface area (Å²) in [4.78, 5) is 26.2. The SMILES string of the molecule is CCOc1ccc(/C=C2\SC(=O)N(c3ccc(F)c(Cl)c3)C2=O)cc1OC. The van der Waals surface area contributed by atoms with Crippen LogP contribution in [0.4, 0.5) is 14.9 Å². The number of imide groups is 1. The average Bonchev–Trinajstić information content (AvgIpc) is 2.92. The maximum absolute atomic E-state index is 13.3. The Morgan fingerprint density at radius 2 is 1.96 bits per heavy atom. The number of amides is 2. The second-order valence-corrected chi connectivity index (χ2v) is 6.86. The quantitative estimate of drug-likeness (QED) is 0.643. The van der Waals surface area contributed by atoms with Gasteiger partial charge in [0, 0.05) is 0 Å². The highest BCUT2D eigenvalue weighted by atomic mass is 35.5. The normalized spacial score (nSPS) is 15.6. The Morgan fingerprint density at radius 1 is 1.19 bits per heavy atom.